The van der Waals surface area contributed by atoms with Crippen molar-refractivity contribution in [3.05, 3.63) is 12.7 Å². The molecule has 1 unspecified atom stereocenters. The van der Waals surface area contributed by atoms with E-state index in [0.29, 0.717) is 0 Å². The van der Waals surface area contributed by atoms with Gasteiger partial charge >= 0.3 is 0 Å². The van der Waals surface area contributed by atoms with Crippen LogP contribution in [0.3, 0.4) is 0 Å². The number of quaternary nitrogens is 1. The van der Waals surface area contributed by atoms with E-state index in [0.717, 1.165) is 30.4 Å². The van der Waals surface area contributed by atoms with E-state index >= 15 is 0 Å². The Hall–Kier alpha value is -0.830. The molecule has 0 heterocycles. The van der Waals surface area contributed by atoms with Crippen LogP contribution in [0.25, 0.3) is 0 Å². The Morgan fingerprint density at radius 3 is 2.47 bits per heavy atom. The minimum Gasteiger partial charge on any atom is -0.350 e. The van der Waals surface area contributed by atoms with Gasteiger partial charge in [-0.1, -0.05) is 13.5 Å². The second kappa shape index (κ2) is 6.62. The summed E-state index contributed by atoms with van der Waals surface area (Å²) in [6, 6.07) is 0.277. The maximum atomic E-state index is 11.1. The number of nitrogens with zero attached hydrogens (tertiary/aromatic N) is 1. The minimum absolute atomic E-state index is 0.0661. The van der Waals surface area contributed by atoms with E-state index in [2.05, 4.69) is 39.8 Å². The first kappa shape index (κ1) is 14.2. The lowest BCUT2D eigenvalue weighted by Crippen LogP contribution is -2.44. The monoisotopic (exact) mass is 213 g/mol. The van der Waals surface area contributed by atoms with Crippen LogP contribution in [-0.4, -0.2) is 43.6 Å². The molecule has 0 aliphatic heterocycles. The van der Waals surface area contributed by atoms with Crippen molar-refractivity contribution in [2.24, 2.45) is 0 Å². The molecule has 0 bridgehead atoms. The average Bonchev–Trinajstić information content (AvgIpc) is 2.23. The number of nitrogens with one attached hydrogen (secondary N) is 1. The molecule has 1 amide bonds. The van der Waals surface area contributed by atoms with Gasteiger partial charge in [0.05, 0.1) is 27.2 Å². The molecule has 88 valence electrons. The molecule has 0 spiro atoms. The van der Waals surface area contributed by atoms with Crippen LogP contribution in [0.5, 0.6) is 0 Å². The van der Waals surface area contributed by atoms with E-state index in [-0.39, 0.29) is 11.9 Å². The third-order valence-corrected chi connectivity index (χ3v) is 2.96. The zero-order chi connectivity index (χ0) is 11.9. The van der Waals surface area contributed by atoms with Crippen LogP contribution in [0.4, 0.5) is 0 Å². The van der Waals surface area contributed by atoms with Crippen LogP contribution < -0.4 is 5.32 Å². The highest BCUT2D eigenvalue weighted by molar-refractivity contribution is 5.87. The van der Waals surface area contributed by atoms with Gasteiger partial charge in [0.25, 0.3) is 0 Å². The summed E-state index contributed by atoms with van der Waals surface area (Å²) in [5.41, 5.74) is 0. The Bertz CT molecular complexity index is 212. The van der Waals surface area contributed by atoms with E-state index in [1.165, 1.54) is 6.08 Å². The van der Waals surface area contributed by atoms with Gasteiger partial charge in [-0.2, -0.15) is 0 Å². The average molecular weight is 213 g/mol. The third kappa shape index (κ3) is 6.28. The molecule has 1 atom stereocenters. The second-order valence-corrected chi connectivity index (χ2v) is 4.58. The Morgan fingerprint density at radius 1 is 1.47 bits per heavy atom. The Labute approximate surface area is 93.7 Å². The first-order chi connectivity index (χ1) is 6.95. The molecule has 0 fully saturated rings. The standard InChI is InChI=1S/C12H24N2O/c1-6-11(13-12(15)7-2)9-10-14(4,5)8-3/h7,11H,2,6,8-10H2,1,3-5H3/p+1. The summed E-state index contributed by atoms with van der Waals surface area (Å²) in [7, 11) is 4.42. The maximum Gasteiger partial charge on any atom is 0.243 e. The van der Waals surface area contributed by atoms with Crippen LogP contribution in [0.15, 0.2) is 12.7 Å². The predicted molar refractivity (Wildman–Crippen MR) is 64.6 cm³/mol. The summed E-state index contributed by atoms with van der Waals surface area (Å²) >= 11 is 0. The van der Waals surface area contributed by atoms with Gasteiger partial charge in [-0.25, -0.2) is 0 Å². The molecule has 0 aromatic heterocycles. The van der Waals surface area contributed by atoms with Crippen LogP contribution in [0.2, 0.25) is 0 Å². The van der Waals surface area contributed by atoms with Gasteiger partial charge in [-0.05, 0) is 19.4 Å². The van der Waals surface area contributed by atoms with E-state index in [1.54, 1.807) is 0 Å². The largest absolute Gasteiger partial charge is 0.350 e. The molecular weight excluding hydrogens is 188 g/mol. The minimum atomic E-state index is -0.0661. The molecule has 0 aromatic carbocycles. The lowest BCUT2D eigenvalue weighted by Gasteiger charge is -2.30. The number of carbonyl (C=O) groups excluding carboxylic acids is 1. The van der Waals surface area contributed by atoms with Crippen molar-refractivity contribution < 1.29 is 9.28 Å². The molecule has 0 radical (unpaired) electrons. The van der Waals surface area contributed by atoms with Crippen LogP contribution in [-0.2, 0) is 4.79 Å². The van der Waals surface area contributed by atoms with Crippen molar-refractivity contribution in [2.75, 3.05) is 27.2 Å². The highest BCUT2D eigenvalue weighted by Crippen LogP contribution is 2.04. The molecule has 0 rings (SSSR count). The van der Waals surface area contributed by atoms with E-state index in [4.69, 9.17) is 0 Å². The molecule has 3 heteroatoms. The van der Waals surface area contributed by atoms with Gasteiger partial charge < -0.3 is 9.80 Å². The summed E-state index contributed by atoms with van der Waals surface area (Å²) in [5, 5.41) is 2.95. The molecule has 0 saturated heterocycles. The molecule has 0 aromatic rings. The van der Waals surface area contributed by atoms with Gasteiger partial charge in [0, 0.05) is 12.5 Å². The molecule has 15 heavy (non-hydrogen) atoms. The summed E-state index contributed by atoms with van der Waals surface area (Å²) in [4.78, 5) is 11.1. The second-order valence-electron chi connectivity index (χ2n) is 4.58. The first-order valence-corrected chi connectivity index (χ1v) is 5.70. The number of amides is 1. The predicted octanol–water partition coefficient (Wildman–Crippen LogP) is 1.55. The van der Waals surface area contributed by atoms with Crippen LogP contribution in [0, 0.1) is 0 Å². The Kier molecular flexibility index (Phi) is 6.25. The smallest absolute Gasteiger partial charge is 0.243 e. The summed E-state index contributed by atoms with van der Waals surface area (Å²) < 4.78 is 1.00. The third-order valence-electron chi connectivity index (χ3n) is 2.96. The number of carbonyl (C=O) groups is 1. The van der Waals surface area contributed by atoms with E-state index < -0.39 is 0 Å². The molecular formula is C12H25N2O+. The first-order valence-electron chi connectivity index (χ1n) is 5.70. The van der Waals surface area contributed by atoms with E-state index in [9.17, 15) is 4.79 Å². The van der Waals surface area contributed by atoms with Gasteiger partial charge in [0.2, 0.25) is 5.91 Å². The van der Waals surface area contributed by atoms with Crippen LogP contribution >= 0.6 is 0 Å². The van der Waals surface area contributed by atoms with Gasteiger partial charge in [0.1, 0.15) is 0 Å². The van der Waals surface area contributed by atoms with Gasteiger partial charge in [-0.15, -0.1) is 0 Å². The highest BCUT2D eigenvalue weighted by atomic mass is 16.1. The molecule has 1 N–H and O–H groups in total. The normalized spacial score (nSPS) is 13.3. The molecule has 0 aliphatic carbocycles. The summed E-state index contributed by atoms with van der Waals surface area (Å²) in [5.74, 6) is -0.0661. The van der Waals surface area contributed by atoms with Crippen LogP contribution in [0.1, 0.15) is 26.7 Å². The fraction of sp³-hybridized carbons (Fsp3) is 0.750. The van der Waals surface area contributed by atoms with Crippen molar-refractivity contribution in [3.63, 3.8) is 0 Å². The Balaban J connectivity index is 4.00. The summed E-state index contributed by atoms with van der Waals surface area (Å²) in [6.45, 7) is 9.94. The van der Waals surface area contributed by atoms with Crippen molar-refractivity contribution in [2.45, 2.75) is 32.7 Å². The van der Waals surface area contributed by atoms with Crippen molar-refractivity contribution in [1.82, 2.24) is 5.32 Å². The quantitative estimate of drug-likeness (QED) is 0.504. The maximum absolute atomic E-state index is 11.1. The van der Waals surface area contributed by atoms with Crippen molar-refractivity contribution >= 4 is 5.91 Å². The van der Waals surface area contributed by atoms with E-state index in [1.807, 2.05) is 0 Å². The SMILES string of the molecule is C=CC(=O)NC(CC)CC[N+](C)(C)CC. The van der Waals surface area contributed by atoms with Crippen molar-refractivity contribution in [1.29, 1.82) is 0 Å². The molecule has 0 aliphatic rings. The highest BCUT2D eigenvalue weighted by Gasteiger charge is 2.16. The number of hydrogen-bond donors (Lipinski definition) is 1. The topological polar surface area (TPSA) is 29.1 Å². The molecule has 0 saturated carbocycles. The lowest BCUT2D eigenvalue weighted by atomic mass is 10.1. The van der Waals surface area contributed by atoms with Gasteiger partial charge in [-0.3, -0.25) is 4.79 Å². The zero-order valence-electron chi connectivity index (χ0n) is 10.5. The van der Waals surface area contributed by atoms with Gasteiger partial charge in [0.15, 0.2) is 0 Å². The fourth-order valence-electron chi connectivity index (χ4n) is 1.30. The number of hydrogen-bond acceptors (Lipinski definition) is 1. The summed E-state index contributed by atoms with van der Waals surface area (Å²) in [6.07, 6.45) is 3.34. The zero-order valence-corrected chi connectivity index (χ0v) is 10.5. The fourth-order valence-corrected chi connectivity index (χ4v) is 1.30. The molecule has 3 nitrogen and oxygen atoms in total. The van der Waals surface area contributed by atoms with Crippen molar-refractivity contribution in [3.8, 4) is 0 Å². The number of rotatable bonds is 7. The lowest BCUT2D eigenvalue weighted by molar-refractivity contribution is -0.888. The Morgan fingerprint density at radius 2 is 2.07 bits per heavy atom.